The molecular formula is C23H30N2O2. The second kappa shape index (κ2) is 9.91. The van der Waals surface area contributed by atoms with Gasteiger partial charge in [0.05, 0.1) is 0 Å². The smallest absolute Gasteiger partial charge is 0.124 e. The van der Waals surface area contributed by atoms with Gasteiger partial charge in [0.2, 0.25) is 0 Å². The van der Waals surface area contributed by atoms with Gasteiger partial charge in [-0.15, -0.1) is 0 Å². The molecule has 0 radical (unpaired) electrons. The van der Waals surface area contributed by atoms with Gasteiger partial charge in [0.15, 0.2) is 0 Å². The fourth-order valence-electron chi connectivity index (χ4n) is 2.50. The molecule has 144 valence electrons. The van der Waals surface area contributed by atoms with E-state index in [1.807, 2.05) is 24.3 Å². The summed E-state index contributed by atoms with van der Waals surface area (Å²) in [6.07, 6.45) is 6.12. The van der Waals surface area contributed by atoms with Crippen molar-refractivity contribution >= 4 is 12.4 Å². The van der Waals surface area contributed by atoms with Crippen LogP contribution in [0.4, 0.5) is 0 Å². The van der Waals surface area contributed by atoms with E-state index in [9.17, 15) is 10.2 Å². The lowest BCUT2D eigenvalue weighted by Gasteiger charge is -2.08. The highest BCUT2D eigenvalue weighted by atomic mass is 16.3. The van der Waals surface area contributed by atoms with E-state index in [1.165, 1.54) is 0 Å². The summed E-state index contributed by atoms with van der Waals surface area (Å²) >= 11 is 0. The molecule has 0 heterocycles. The van der Waals surface area contributed by atoms with Crippen LogP contribution in [0.3, 0.4) is 0 Å². The molecule has 2 atom stereocenters. The zero-order valence-corrected chi connectivity index (χ0v) is 16.7. The summed E-state index contributed by atoms with van der Waals surface area (Å²) in [7, 11) is 0. The number of rotatable bonds is 8. The van der Waals surface area contributed by atoms with Crippen molar-refractivity contribution in [1.82, 2.24) is 0 Å². The van der Waals surface area contributed by atoms with Gasteiger partial charge in [-0.1, -0.05) is 26.0 Å². The second-order valence-electron chi connectivity index (χ2n) is 7.03. The van der Waals surface area contributed by atoms with Crippen LogP contribution in [0, 0.1) is 0 Å². The molecule has 0 bridgehead atoms. The van der Waals surface area contributed by atoms with Gasteiger partial charge in [-0.2, -0.15) is 0 Å². The number of aromatic hydroxyl groups is 2. The molecular weight excluding hydrogens is 336 g/mol. The number of aliphatic imine (C=N–C) groups is 2. The van der Waals surface area contributed by atoms with Crippen LogP contribution in [0.1, 0.15) is 62.8 Å². The molecule has 0 saturated carbocycles. The van der Waals surface area contributed by atoms with Crippen LogP contribution in [-0.2, 0) is 6.42 Å². The van der Waals surface area contributed by atoms with Crippen LogP contribution in [0.5, 0.6) is 11.5 Å². The Morgan fingerprint density at radius 1 is 0.778 bits per heavy atom. The summed E-state index contributed by atoms with van der Waals surface area (Å²) in [4.78, 5) is 8.92. The lowest BCUT2D eigenvalue weighted by Crippen LogP contribution is -1.98. The molecule has 0 saturated heterocycles. The summed E-state index contributed by atoms with van der Waals surface area (Å²) < 4.78 is 0. The van der Waals surface area contributed by atoms with Gasteiger partial charge in [-0.3, -0.25) is 9.98 Å². The van der Waals surface area contributed by atoms with Gasteiger partial charge in [-0.25, -0.2) is 0 Å². The van der Waals surface area contributed by atoms with Gasteiger partial charge in [0.1, 0.15) is 11.5 Å². The first-order valence-corrected chi connectivity index (χ1v) is 9.63. The number of benzene rings is 2. The summed E-state index contributed by atoms with van der Waals surface area (Å²) in [5.74, 6) is 0.468. The largest absolute Gasteiger partial charge is 0.507 e. The Kier molecular flexibility index (Phi) is 7.59. The minimum atomic E-state index is 0.234. The van der Waals surface area contributed by atoms with E-state index in [-0.39, 0.29) is 23.6 Å². The first kappa shape index (κ1) is 20.7. The molecule has 27 heavy (non-hydrogen) atoms. The molecule has 4 nitrogen and oxygen atoms in total. The summed E-state index contributed by atoms with van der Waals surface area (Å²) in [6.45, 7) is 8.28. The SMILES string of the molecule is CCC(C)N=Cc1cc(Cc2ccc(O)c(C=NC(C)CC)c2)ccc1O. The van der Waals surface area contributed by atoms with Crippen molar-refractivity contribution in [2.75, 3.05) is 0 Å². The van der Waals surface area contributed by atoms with Gasteiger partial charge in [0, 0.05) is 35.6 Å². The fraction of sp³-hybridized carbons (Fsp3) is 0.391. The van der Waals surface area contributed by atoms with Crippen LogP contribution in [0.15, 0.2) is 46.4 Å². The number of phenolic OH excluding ortho intramolecular Hbond substituents is 2. The van der Waals surface area contributed by atoms with E-state index in [4.69, 9.17) is 0 Å². The molecule has 0 fully saturated rings. The molecule has 2 aromatic rings. The number of hydrogen-bond donors (Lipinski definition) is 2. The Hall–Kier alpha value is -2.62. The van der Waals surface area contributed by atoms with Gasteiger partial charge < -0.3 is 10.2 Å². The molecule has 0 aromatic heterocycles. The van der Waals surface area contributed by atoms with E-state index >= 15 is 0 Å². The first-order valence-electron chi connectivity index (χ1n) is 9.63. The maximum atomic E-state index is 10.1. The van der Waals surface area contributed by atoms with Crippen molar-refractivity contribution < 1.29 is 10.2 Å². The molecule has 0 spiro atoms. The topological polar surface area (TPSA) is 65.2 Å². The van der Waals surface area contributed by atoms with Crippen LogP contribution < -0.4 is 0 Å². The normalized spacial score (nSPS) is 14.1. The monoisotopic (exact) mass is 366 g/mol. The zero-order chi connectivity index (χ0) is 19.8. The summed E-state index contributed by atoms with van der Waals surface area (Å²) in [5, 5.41) is 20.1. The van der Waals surface area contributed by atoms with Crippen molar-refractivity contribution in [2.45, 2.75) is 59.0 Å². The van der Waals surface area contributed by atoms with Crippen molar-refractivity contribution in [1.29, 1.82) is 0 Å². The van der Waals surface area contributed by atoms with Crippen molar-refractivity contribution in [3.05, 3.63) is 58.7 Å². The standard InChI is InChI=1S/C23H30N2O2/c1-5-16(3)24-14-20-12-18(7-9-22(20)26)11-19-8-10-23(27)21(13-19)15-25-17(4)6-2/h7-10,12-17,26-27H,5-6,11H2,1-4H3. The first-order chi connectivity index (χ1) is 12.9. The maximum absolute atomic E-state index is 10.1. The van der Waals surface area contributed by atoms with Crippen molar-refractivity contribution in [3.63, 3.8) is 0 Å². The molecule has 2 aromatic carbocycles. The third kappa shape index (κ3) is 6.24. The lowest BCUT2D eigenvalue weighted by molar-refractivity contribution is 0.474. The zero-order valence-electron chi connectivity index (χ0n) is 16.7. The van der Waals surface area contributed by atoms with Crippen LogP contribution in [0.25, 0.3) is 0 Å². The Balaban J connectivity index is 2.22. The average Bonchev–Trinajstić information content (AvgIpc) is 2.68. The minimum Gasteiger partial charge on any atom is -0.507 e. The number of phenols is 2. The highest BCUT2D eigenvalue weighted by Crippen LogP contribution is 2.22. The molecule has 0 aliphatic rings. The Morgan fingerprint density at radius 2 is 1.19 bits per heavy atom. The van der Waals surface area contributed by atoms with E-state index < -0.39 is 0 Å². The third-order valence-electron chi connectivity index (χ3n) is 4.71. The second-order valence-corrected chi connectivity index (χ2v) is 7.03. The van der Waals surface area contributed by atoms with E-state index in [0.717, 1.165) is 35.1 Å². The Labute approximate surface area is 162 Å². The molecule has 0 amide bonds. The van der Waals surface area contributed by atoms with Crippen LogP contribution in [-0.4, -0.2) is 34.7 Å². The Morgan fingerprint density at radius 3 is 1.56 bits per heavy atom. The lowest BCUT2D eigenvalue weighted by atomic mass is 10.0. The molecule has 0 aliphatic heterocycles. The fourth-order valence-corrected chi connectivity index (χ4v) is 2.50. The van der Waals surface area contributed by atoms with E-state index in [2.05, 4.69) is 37.7 Å². The van der Waals surface area contributed by atoms with Crippen molar-refractivity contribution in [2.24, 2.45) is 9.98 Å². The predicted octanol–water partition coefficient (Wildman–Crippen LogP) is 5.12. The quantitative estimate of drug-likeness (QED) is 0.637. The molecule has 2 N–H and O–H groups in total. The van der Waals surface area contributed by atoms with Crippen LogP contribution >= 0.6 is 0 Å². The van der Waals surface area contributed by atoms with Gasteiger partial charge >= 0.3 is 0 Å². The summed E-state index contributed by atoms with van der Waals surface area (Å²) in [6, 6.07) is 11.6. The number of nitrogens with zero attached hydrogens (tertiary/aromatic N) is 2. The average molecular weight is 367 g/mol. The molecule has 4 heteroatoms. The highest BCUT2D eigenvalue weighted by Gasteiger charge is 2.06. The third-order valence-corrected chi connectivity index (χ3v) is 4.71. The predicted molar refractivity (Wildman–Crippen MR) is 114 cm³/mol. The van der Waals surface area contributed by atoms with Gasteiger partial charge in [-0.05, 0) is 68.5 Å². The molecule has 0 aliphatic carbocycles. The highest BCUT2D eigenvalue weighted by molar-refractivity contribution is 5.84. The number of hydrogen-bond acceptors (Lipinski definition) is 4. The molecule has 2 rings (SSSR count). The van der Waals surface area contributed by atoms with Gasteiger partial charge in [0.25, 0.3) is 0 Å². The Bertz CT molecular complexity index is 745. The van der Waals surface area contributed by atoms with Crippen LogP contribution in [0.2, 0.25) is 0 Å². The van der Waals surface area contributed by atoms with E-state index in [1.54, 1.807) is 24.6 Å². The van der Waals surface area contributed by atoms with E-state index in [0.29, 0.717) is 6.42 Å². The van der Waals surface area contributed by atoms with Crippen molar-refractivity contribution in [3.8, 4) is 11.5 Å². The minimum absolute atomic E-state index is 0.234. The maximum Gasteiger partial charge on any atom is 0.124 e. The summed E-state index contributed by atoms with van der Waals surface area (Å²) in [5.41, 5.74) is 3.61. The molecule has 2 unspecified atom stereocenters.